The molecule has 0 bridgehead atoms. The SMILES string of the molecule is O=C(NC[C@@H]1COCCO1)c1nc(-c2ccccc2)n(-c2ccccc2)n1. The Hall–Kier alpha value is -3.03. The fraction of sp³-hybridized carbons (Fsp3) is 0.250. The van der Waals surface area contributed by atoms with E-state index in [-0.39, 0.29) is 17.8 Å². The molecule has 1 N–H and O–H groups in total. The number of aromatic nitrogens is 3. The van der Waals surface area contributed by atoms with Gasteiger partial charge in [0.05, 0.1) is 31.6 Å². The van der Waals surface area contributed by atoms with Gasteiger partial charge >= 0.3 is 0 Å². The summed E-state index contributed by atoms with van der Waals surface area (Å²) in [6.07, 6.45) is -0.146. The first kappa shape index (κ1) is 17.4. The highest BCUT2D eigenvalue weighted by molar-refractivity contribution is 5.91. The molecule has 0 unspecified atom stereocenters. The van der Waals surface area contributed by atoms with Crippen LogP contribution >= 0.6 is 0 Å². The van der Waals surface area contributed by atoms with E-state index in [4.69, 9.17) is 9.47 Å². The molecule has 0 spiro atoms. The zero-order chi connectivity index (χ0) is 18.5. The molecule has 0 saturated carbocycles. The number of amides is 1. The lowest BCUT2D eigenvalue weighted by Gasteiger charge is -2.22. The van der Waals surface area contributed by atoms with Crippen LogP contribution in [0.3, 0.4) is 0 Å². The van der Waals surface area contributed by atoms with Crippen LogP contribution in [-0.4, -0.2) is 53.1 Å². The number of rotatable bonds is 5. The zero-order valence-corrected chi connectivity index (χ0v) is 14.7. The summed E-state index contributed by atoms with van der Waals surface area (Å²) in [4.78, 5) is 17.1. The first-order valence-corrected chi connectivity index (χ1v) is 8.87. The molecule has 1 saturated heterocycles. The topological polar surface area (TPSA) is 78.3 Å². The maximum absolute atomic E-state index is 12.6. The monoisotopic (exact) mass is 364 g/mol. The van der Waals surface area contributed by atoms with E-state index < -0.39 is 0 Å². The largest absolute Gasteiger partial charge is 0.376 e. The first-order valence-electron chi connectivity index (χ1n) is 8.87. The van der Waals surface area contributed by atoms with Gasteiger partial charge in [0.25, 0.3) is 5.91 Å². The van der Waals surface area contributed by atoms with Gasteiger partial charge in [0.2, 0.25) is 5.82 Å². The second-order valence-electron chi connectivity index (χ2n) is 6.15. The number of para-hydroxylation sites is 1. The molecular weight excluding hydrogens is 344 g/mol. The Morgan fingerprint density at radius 1 is 1.07 bits per heavy atom. The van der Waals surface area contributed by atoms with Crippen molar-refractivity contribution in [3.8, 4) is 17.1 Å². The second kappa shape index (κ2) is 8.11. The minimum absolute atomic E-state index is 0.120. The van der Waals surface area contributed by atoms with Crippen molar-refractivity contribution in [2.24, 2.45) is 0 Å². The third kappa shape index (κ3) is 4.05. The van der Waals surface area contributed by atoms with Crippen LogP contribution in [0.15, 0.2) is 60.7 Å². The molecule has 138 valence electrons. The number of benzene rings is 2. The fourth-order valence-electron chi connectivity index (χ4n) is 2.87. The van der Waals surface area contributed by atoms with Crippen molar-refractivity contribution in [2.45, 2.75) is 6.10 Å². The molecule has 7 heteroatoms. The smallest absolute Gasteiger partial charge is 0.291 e. The molecule has 4 rings (SSSR count). The number of hydrogen-bond donors (Lipinski definition) is 1. The highest BCUT2D eigenvalue weighted by Gasteiger charge is 2.21. The van der Waals surface area contributed by atoms with Gasteiger partial charge in [0.15, 0.2) is 5.82 Å². The molecule has 2 heterocycles. The third-order valence-electron chi connectivity index (χ3n) is 4.22. The summed E-state index contributed by atoms with van der Waals surface area (Å²) in [6, 6.07) is 19.3. The Labute approximate surface area is 156 Å². The number of nitrogens with zero attached hydrogens (tertiary/aromatic N) is 3. The molecule has 2 aromatic carbocycles. The molecule has 1 aromatic heterocycles. The molecular formula is C20H20N4O3. The second-order valence-corrected chi connectivity index (χ2v) is 6.15. The van der Waals surface area contributed by atoms with Crippen LogP contribution in [0.1, 0.15) is 10.6 Å². The van der Waals surface area contributed by atoms with E-state index in [2.05, 4.69) is 15.4 Å². The lowest BCUT2D eigenvalue weighted by molar-refractivity contribution is -0.0855. The molecule has 1 aliphatic rings. The standard InChI is InChI=1S/C20H20N4O3/c25-20(21-13-17-14-26-11-12-27-17)18-22-19(15-7-3-1-4-8-15)24(23-18)16-9-5-2-6-10-16/h1-10,17H,11-14H2,(H,21,25)/t17-/m1/s1. The normalized spacial score (nSPS) is 16.8. The van der Waals surface area contributed by atoms with E-state index >= 15 is 0 Å². The highest BCUT2D eigenvalue weighted by Crippen LogP contribution is 2.20. The van der Waals surface area contributed by atoms with E-state index in [1.807, 2.05) is 60.7 Å². The Kier molecular flexibility index (Phi) is 5.22. The predicted molar refractivity (Wildman–Crippen MR) is 99.7 cm³/mol. The van der Waals surface area contributed by atoms with Gasteiger partial charge in [-0.2, -0.15) is 0 Å². The molecule has 7 nitrogen and oxygen atoms in total. The molecule has 1 amide bonds. The van der Waals surface area contributed by atoms with Gasteiger partial charge in [-0.1, -0.05) is 48.5 Å². The molecule has 1 atom stereocenters. The van der Waals surface area contributed by atoms with Crippen LogP contribution in [0.25, 0.3) is 17.1 Å². The fourth-order valence-corrected chi connectivity index (χ4v) is 2.87. The van der Waals surface area contributed by atoms with Crippen LogP contribution in [-0.2, 0) is 9.47 Å². The van der Waals surface area contributed by atoms with Gasteiger partial charge in [-0.15, -0.1) is 5.10 Å². The average molecular weight is 364 g/mol. The summed E-state index contributed by atoms with van der Waals surface area (Å²) in [5.74, 6) is 0.398. The Morgan fingerprint density at radius 3 is 2.52 bits per heavy atom. The first-order chi connectivity index (χ1) is 13.3. The van der Waals surface area contributed by atoms with Crippen molar-refractivity contribution in [3.63, 3.8) is 0 Å². The molecule has 27 heavy (non-hydrogen) atoms. The quantitative estimate of drug-likeness (QED) is 0.750. The minimum atomic E-state index is -0.337. The zero-order valence-electron chi connectivity index (χ0n) is 14.7. The van der Waals surface area contributed by atoms with Crippen LogP contribution in [0.5, 0.6) is 0 Å². The lowest BCUT2D eigenvalue weighted by Crippen LogP contribution is -2.40. The van der Waals surface area contributed by atoms with Crippen molar-refractivity contribution in [3.05, 3.63) is 66.5 Å². The minimum Gasteiger partial charge on any atom is -0.376 e. The molecule has 1 fully saturated rings. The number of hydrogen-bond acceptors (Lipinski definition) is 5. The van der Waals surface area contributed by atoms with Gasteiger partial charge in [-0.3, -0.25) is 4.79 Å². The molecule has 0 aliphatic carbocycles. The van der Waals surface area contributed by atoms with Gasteiger partial charge in [-0.25, -0.2) is 9.67 Å². The van der Waals surface area contributed by atoms with E-state index in [1.54, 1.807) is 4.68 Å². The summed E-state index contributed by atoms with van der Waals surface area (Å²) in [6.45, 7) is 1.97. The summed E-state index contributed by atoms with van der Waals surface area (Å²) >= 11 is 0. The molecule has 0 radical (unpaired) electrons. The Bertz CT molecular complexity index is 833. The van der Waals surface area contributed by atoms with Crippen molar-refractivity contribution < 1.29 is 14.3 Å². The van der Waals surface area contributed by atoms with Crippen molar-refractivity contribution in [1.29, 1.82) is 0 Å². The van der Waals surface area contributed by atoms with E-state index in [9.17, 15) is 4.79 Å². The van der Waals surface area contributed by atoms with Gasteiger partial charge < -0.3 is 14.8 Å². The average Bonchev–Trinajstić information content (AvgIpc) is 3.20. The van der Waals surface area contributed by atoms with Crippen molar-refractivity contribution in [2.75, 3.05) is 26.4 Å². The molecule has 3 aromatic rings. The van der Waals surface area contributed by atoms with Crippen LogP contribution < -0.4 is 5.32 Å². The highest BCUT2D eigenvalue weighted by atomic mass is 16.6. The number of nitrogens with one attached hydrogen (secondary N) is 1. The number of ether oxygens (including phenoxy) is 2. The summed E-state index contributed by atoms with van der Waals surface area (Å²) < 4.78 is 12.6. The van der Waals surface area contributed by atoms with Crippen LogP contribution in [0, 0.1) is 0 Å². The van der Waals surface area contributed by atoms with Gasteiger partial charge in [0, 0.05) is 12.1 Å². The van der Waals surface area contributed by atoms with Crippen molar-refractivity contribution in [1.82, 2.24) is 20.1 Å². The van der Waals surface area contributed by atoms with Crippen LogP contribution in [0.2, 0.25) is 0 Å². The Balaban J connectivity index is 1.60. The van der Waals surface area contributed by atoms with E-state index in [1.165, 1.54) is 0 Å². The lowest BCUT2D eigenvalue weighted by atomic mass is 10.2. The van der Waals surface area contributed by atoms with Crippen molar-refractivity contribution >= 4 is 5.91 Å². The molecule has 1 aliphatic heterocycles. The summed E-state index contributed by atoms with van der Waals surface area (Å²) in [7, 11) is 0. The maximum atomic E-state index is 12.6. The maximum Gasteiger partial charge on any atom is 0.291 e. The van der Waals surface area contributed by atoms with E-state index in [0.717, 1.165) is 11.3 Å². The number of carbonyl (C=O) groups excluding carboxylic acids is 1. The Morgan fingerprint density at radius 2 is 1.81 bits per heavy atom. The van der Waals surface area contributed by atoms with E-state index in [0.29, 0.717) is 32.2 Å². The summed E-state index contributed by atoms with van der Waals surface area (Å²) in [5.41, 5.74) is 1.73. The van der Waals surface area contributed by atoms with Gasteiger partial charge in [0.1, 0.15) is 0 Å². The van der Waals surface area contributed by atoms with Crippen LogP contribution in [0.4, 0.5) is 0 Å². The third-order valence-corrected chi connectivity index (χ3v) is 4.22. The predicted octanol–water partition coefficient (Wildman–Crippen LogP) is 2.08. The van der Waals surface area contributed by atoms with Gasteiger partial charge in [-0.05, 0) is 12.1 Å². The summed E-state index contributed by atoms with van der Waals surface area (Å²) in [5, 5.41) is 7.27. The number of carbonyl (C=O) groups is 1.